The van der Waals surface area contributed by atoms with Gasteiger partial charge in [-0.2, -0.15) is 0 Å². The SMILES string of the molecule is COC(=O)[C@H](COCc1cccc(OCCO)c1)NC(=O)CN=[N+]=[N-]. The first kappa shape index (κ1) is 20.2. The first-order valence-corrected chi connectivity index (χ1v) is 7.39. The van der Waals surface area contributed by atoms with Gasteiger partial charge in [-0.05, 0) is 23.2 Å². The van der Waals surface area contributed by atoms with Crippen LogP contribution >= 0.6 is 0 Å². The van der Waals surface area contributed by atoms with Crippen LogP contribution in [-0.4, -0.2) is 56.5 Å². The lowest BCUT2D eigenvalue weighted by molar-refractivity contribution is -0.146. The highest BCUT2D eigenvalue weighted by atomic mass is 16.5. The number of amides is 1. The Bertz CT molecular complexity index is 618. The molecular weight excluding hydrogens is 332 g/mol. The van der Waals surface area contributed by atoms with E-state index >= 15 is 0 Å². The van der Waals surface area contributed by atoms with Gasteiger partial charge in [0.25, 0.3) is 0 Å². The molecule has 0 aliphatic carbocycles. The third-order valence-corrected chi connectivity index (χ3v) is 2.91. The molecule has 10 nitrogen and oxygen atoms in total. The van der Waals surface area contributed by atoms with Crippen LogP contribution in [0.4, 0.5) is 0 Å². The summed E-state index contributed by atoms with van der Waals surface area (Å²) in [6.07, 6.45) is 0. The topological polar surface area (TPSA) is 143 Å². The maximum atomic E-state index is 11.7. The van der Waals surface area contributed by atoms with Gasteiger partial charge in [0.15, 0.2) is 6.04 Å². The van der Waals surface area contributed by atoms with Gasteiger partial charge < -0.3 is 24.6 Å². The summed E-state index contributed by atoms with van der Waals surface area (Å²) in [6, 6.07) is 6.04. The zero-order chi connectivity index (χ0) is 18.5. The van der Waals surface area contributed by atoms with Crippen LogP contribution in [0.1, 0.15) is 5.56 Å². The smallest absolute Gasteiger partial charge is 0.330 e. The molecule has 10 heteroatoms. The third kappa shape index (κ3) is 8.02. The minimum absolute atomic E-state index is 0.0862. The molecule has 0 saturated heterocycles. The van der Waals surface area contributed by atoms with E-state index < -0.39 is 24.5 Å². The molecule has 0 unspecified atom stereocenters. The van der Waals surface area contributed by atoms with E-state index in [9.17, 15) is 9.59 Å². The van der Waals surface area contributed by atoms with Crippen LogP contribution in [0.25, 0.3) is 10.4 Å². The van der Waals surface area contributed by atoms with E-state index in [2.05, 4.69) is 20.1 Å². The first-order valence-electron chi connectivity index (χ1n) is 7.39. The van der Waals surface area contributed by atoms with Crippen molar-refractivity contribution in [1.29, 1.82) is 0 Å². The standard InChI is InChI=1S/C15H20N4O6/c1-23-15(22)13(18-14(21)8-17-19-16)10-24-9-11-3-2-4-12(7-11)25-6-5-20/h2-4,7,13,20H,5-6,8-10H2,1H3,(H,18,21)/t13-/m0/s1. The lowest BCUT2D eigenvalue weighted by Gasteiger charge is -2.16. The molecule has 0 heterocycles. The molecule has 1 aromatic carbocycles. The van der Waals surface area contributed by atoms with Gasteiger partial charge in [0.2, 0.25) is 5.91 Å². The summed E-state index contributed by atoms with van der Waals surface area (Å²) in [5.41, 5.74) is 8.98. The predicted octanol–water partition coefficient (Wildman–Crippen LogP) is 0.542. The van der Waals surface area contributed by atoms with Crippen molar-refractivity contribution >= 4 is 11.9 Å². The number of aliphatic hydroxyl groups excluding tert-OH is 1. The van der Waals surface area contributed by atoms with Crippen molar-refractivity contribution in [2.75, 3.05) is 33.5 Å². The van der Waals surface area contributed by atoms with Crippen LogP contribution in [0.2, 0.25) is 0 Å². The maximum Gasteiger partial charge on any atom is 0.330 e. The highest BCUT2D eigenvalue weighted by Gasteiger charge is 2.21. The monoisotopic (exact) mass is 352 g/mol. The van der Waals surface area contributed by atoms with E-state index in [0.29, 0.717) is 5.75 Å². The molecule has 1 rings (SSSR count). The van der Waals surface area contributed by atoms with Gasteiger partial charge in [0.1, 0.15) is 18.9 Å². The number of aliphatic hydroxyl groups is 1. The van der Waals surface area contributed by atoms with Crippen LogP contribution in [0.3, 0.4) is 0 Å². The number of nitrogens with one attached hydrogen (secondary N) is 1. The van der Waals surface area contributed by atoms with Gasteiger partial charge in [-0.1, -0.05) is 17.2 Å². The number of carbonyl (C=O) groups is 2. The Morgan fingerprint density at radius 1 is 1.44 bits per heavy atom. The number of methoxy groups -OCH3 is 1. The fourth-order valence-corrected chi connectivity index (χ4v) is 1.83. The molecule has 0 fully saturated rings. The van der Waals surface area contributed by atoms with Gasteiger partial charge in [-0.3, -0.25) is 4.79 Å². The molecule has 0 bridgehead atoms. The van der Waals surface area contributed by atoms with E-state index in [1.807, 2.05) is 0 Å². The van der Waals surface area contributed by atoms with Gasteiger partial charge in [-0.15, -0.1) is 0 Å². The minimum Gasteiger partial charge on any atom is -0.491 e. The number of rotatable bonds is 11. The Kier molecular flexibility index (Phi) is 9.46. The summed E-state index contributed by atoms with van der Waals surface area (Å²) in [7, 11) is 1.19. The van der Waals surface area contributed by atoms with Crippen LogP contribution in [0, 0.1) is 0 Å². The van der Waals surface area contributed by atoms with Gasteiger partial charge in [0.05, 0.1) is 26.9 Å². The quantitative estimate of drug-likeness (QED) is 0.257. The number of benzene rings is 1. The van der Waals surface area contributed by atoms with Crippen LogP contribution < -0.4 is 10.1 Å². The number of esters is 1. The summed E-state index contributed by atoms with van der Waals surface area (Å²) in [5, 5.41) is 14.2. The molecule has 0 saturated carbocycles. The molecule has 0 radical (unpaired) electrons. The van der Waals surface area contributed by atoms with E-state index in [1.165, 1.54) is 7.11 Å². The second-order valence-electron chi connectivity index (χ2n) is 4.77. The van der Waals surface area contributed by atoms with Crippen molar-refractivity contribution in [2.45, 2.75) is 12.6 Å². The average molecular weight is 352 g/mol. The van der Waals surface area contributed by atoms with Crippen LogP contribution in [0.15, 0.2) is 29.4 Å². The fraction of sp³-hybridized carbons (Fsp3) is 0.467. The zero-order valence-electron chi connectivity index (χ0n) is 13.8. The molecule has 25 heavy (non-hydrogen) atoms. The minimum atomic E-state index is -1.01. The molecule has 2 N–H and O–H groups in total. The summed E-state index contributed by atoms with van der Waals surface area (Å²) >= 11 is 0. The van der Waals surface area contributed by atoms with E-state index in [0.717, 1.165) is 5.56 Å². The highest BCUT2D eigenvalue weighted by molar-refractivity contribution is 5.85. The number of hydrogen-bond acceptors (Lipinski definition) is 7. The summed E-state index contributed by atoms with van der Waals surface area (Å²) < 4.78 is 15.3. The van der Waals surface area contributed by atoms with E-state index in [1.54, 1.807) is 24.3 Å². The number of nitrogens with zero attached hydrogens (tertiary/aromatic N) is 3. The zero-order valence-corrected chi connectivity index (χ0v) is 13.8. The van der Waals surface area contributed by atoms with Crippen molar-refractivity contribution in [3.05, 3.63) is 40.3 Å². The number of ether oxygens (including phenoxy) is 3. The normalized spacial score (nSPS) is 11.1. The van der Waals surface area contributed by atoms with Crippen molar-refractivity contribution in [3.63, 3.8) is 0 Å². The second kappa shape index (κ2) is 11.7. The van der Waals surface area contributed by atoms with E-state index in [4.69, 9.17) is 20.1 Å². The number of carbonyl (C=O) groups excluding carboxylic acids is 2. The van der Waals surface area contributed by atoms with Crippen LogP contribution in [0.5, 0.6) is 5.75 Å². The Morgan fingerprint density at radius 2 is 2.24 bits per heavy atom. The third-order valence-electron chi connectivity index (χ3n) is 2.91. The number of hydrogen-bond donors (Lipinski definition) is 2. The van der Waals surface area contributed by atoms with Gasteiger partial charge in [-0.25, -0.2) is 4.79 Å². The summed E-state index contributed by atoms with van der Waals surface area (Å²) in [5.74, 6) is -0.701. The molecule has 1 amide bonds. The summed E-state index contributed by atoms with van der Waals surface area (Å²) in [6.45, 7) is -0.260. The van der Waals surface area contributed by atoms with Crippen molar-refractivity contribution in [3.8, 4) is 5.75 Å². The van der Waals surface area contributed by atoms with Crippen molar-refractivity contribution in [2.24, 2.45) is 5.11 Å². The molecule has 1 aromatic rings. The maximum absolute atomic E-state index is 11.7. The van der Waals surface area contributed by atoms with E-state index in [-0.39, 0.29) is 26.4 Å². The van der Waals surface area contributed by atoms with Crippen LogP contribution in [-0.2, 0) is 25.7 Å². The first-order chi connectivity index (χ1) is 12.1. The lowest BCUT2D eigenvalue weighted by Crippen LogP contribution is -2.45. The largest absolute Gasteiger partial charge is 0.491 e. The average Bonchev–Trinajstić information content (AvgIpc) is 2.63. The highest BCUT2D eigenvalue weighted by Crippen LogP contribution is 2.14. The fourth-order valence-electron chi connectivity index (χ4n) is 1.83. The summed E-state index contributed by atoms with van der Waals surface area (Å²) in [4.78, 5) is 25.7. The Morgan fingerprint density at radius 3 is 2.92 bits per heavy atom. The second-order valence-corrected chi connectivity index (χ2v) is 4.77. The lowest BCUT2D eigenvalue weighted by atomic mass is 10.2. The molecular formula is C15H20N4O6. The number of azide groups is 1. The van der Waals surface area contributed by atoms with Crippen molar-refractivity contribution in [1.82, 2.24) is 5.32 Å². The Hall–Kier alpha value is -2.81. The predicted molar refractivity (Wildman–Crippen MR) is 86.6 cm³/mol. The molecule has 0 aliphatic heterocycles. The molecule has 1 atom stereocenters. The molecule has 136 valence electrons. The molecule has 0 spiro atoms. The van der Waals surface area contributed by atoms with Gasteiger partial charge >= 0.3 is 5.97 Å². The molecule has 0 aromatic heterocycles. The van der Waals surface area contributed by atoms with Gasteiger partial charge in [0, 0.05) is 4.91 Å². The molecule has 0 aliphatic rings. The Labute approximate surface area is 144 Å². The van der Waals surface area contributed by atoms with Crippen molar-refractivity contribution < 1.29 is 28.9 Å². The Balaban J connectivity index is 2.54.